The molecule has 0 spiro atoms. The van der Waals surface area contributed by atoms with Crippen LogP contribution in [0, 0.1) is 0 Å². The number of carbonyl (C=O) groups is 4. The number of nitrogens with zero attached hydrogens (tertiary/aromatic N) is 1. The topological polar surface area (TPSA) is 215 Å². The van der Waals surface area contributed by atoms with Gasteiger partial charge in [-0.05, 0) is 23.6 Å². The first kappa shape index (κ1) is 30.0. The molecule has 0 radical (unpaired) electrons. The van der Waals surface area contributed by atoms with Gasteiger partial charge < -0.3 is 41.9 Å². The monoisotopic (exact) mass is 575 g/mol. The highest BCUT2D eigenvalue weighted by atomic mass is 16.4. The van der Waals surface area contributed by atoms with Gasteiger partial charge in [-0.3, -0.25) is 14.4 Å². The van der Waals surface area contributed by atoms with Crippen molar-refractivity contribution < 1.29 is 29.4 Å². The molecule has 0 bridgehead atoms. The number of aromatic amines is 2. The normalized spacial score (nSPS) is 14.0. The van der Waals surface area contributed by atoms with Crippen molar-refractivity contribution in [2.24, 2.45) is 5.73 Å². The molecule has 0 aliphatic carbocycles. The summed E-state index contributed by atoms with van der Waals surface area (Å²) in [4.78, 5) is 61.0. The number of imidazole rings is 1. The Hall–Kier alpha value is -5.01. The van der Waals surface area contributed by atoms with Crippen molar-refractivity contribution in [1.29, 1.82) is 0 Å². The lowest BCUT2D eigenvalue weighted by atomic mass is 10.0. The third kappa shape index (κ3) is 7.80. The second-order valence-corrected chi connectivity index (χ2v) is 9.85. The molecular weight excluding hydrogens is 542 g/mol. The Kier molecular flexibility index (Phi) is 10.0. The molecule has 2 aromatic heterocycles. The van der Waals surface area contributed by atoms with Crippen LogP contribution in [0.4, 0.5) is 0 Å². The number of benzene rings is 2. The van der Waals surface area contributed by atoms with Gasteiger partial charge in [0.05, 0.1) is 19.0 Å². The third-order valence-corrected chi connectivity index (χ3v) is 6.78. The van der Waals surface area contributed by atoms with E-state index >= 15 is 0 Å². The number of H-pyrrole nitrogens is 2. The summed E-state index contributed by atoms with van der Waals surface area (Å²) in [6.45, 7) is -0.810. The number of aliphatic hydroxyl groups excluding tert-OH is 1. The number of hydrogen-bond acceptors (Lipinski definition) is 7. The van der Waals surface area contributed by atoms with Crippen molar-refractivity contribution in [3.05, 3.63) is 90.1 Å². The number of fused-ring (bicyclic) bond motifs is 1. The van der Waals surface area contributed by atoms with Crippen molar-refractivity contribution in [2.45, 2.75) is 43.4 Å². The number of nitrogens with two attached hydrogens (primary N) is 1. The molecule has 220 valence electrons. The molecule has 0 aliphatic rings. The molecule has 3 amide bonds. The Morgan fingerprint density at radius 2 is 1.48 bits per heavy atom. The van der Waals surface area contributed by atoms with E-state index in [2.05, 4.69) is 30.9 Å². The van der Waals surface area contributed by atoms with Gasteiger partial charge in [0.2, 0.25) is 17.7 Å². The number of amides is 3. The molecule has 0 fully saturated rings. The molecule has 13 heteroatoms. The second kappa shape index (κ2) is 14.1. The SMILES string of the molecule is NC(Cc1ccccc1)C(=O)NC(Cc1cnc[nH]1)C(=O)NC(CO)C(=O)NC(Cc1c[nH]c2ccccc12)C(=O)O. The Balaban J connectivity index is 1.42. The maximum atomic E-state index is 13.3. The van der Waals surface area contributed by atoms with Crippen molar-refractivity contribution in [3.63, 3.8) is 0 Å². The zero-order chi connectivity index (χ0) is 30.1. The molecule has 4 unspecified atom stereocenters. The van der Waals surface area contributed by atoms with Gasteiger partial charge in [0, 0.05) is 41.8 Å². The third-order valence-electron chi connectivity index (χ3n) is 6.78. The van der Waals surface area contributed by atoms with Crippen LogP contribution in [0.25, 0.3) is 10.9 Å². The van der Waals surface area contributed by atoms with Crippen LogP contribution in [-0.2, 0) is 38.4 Å². The summed E-state index contributed by atoms with van der Waals surface area (Å²) in [5.41, 5.74) is 8.96. The number of rotatable bonds is 14. The molecule has 4 aromatic rings. The van der Waals surface area contributed by atoms with Gasteiger partial charge in [-0.1, -0.05) is 48.5 Å². The Labute approximate surface area is 240 Å². The Morgan fingerprint density at radius 1 is 0.810 bits per heavy atom. The maximum Gasteiger partial charge on any atom is 0.326 e. The van der Waals surface area contributed by atoms with Gasteiger partial charge in [-0.25, -0.2) is 9.78 Å². The van der Waals surface area contributed by atoms with E-state index in [1.54, 1.807) is 6.20 Å². The van der Waals surface area contributed by atoms with E-state index in [0.29, 0.717) is 11.3 Å². The summed E-state index contributed by atoms with van der Waals surface area (Å²) >= 11 is 0. The lowest BCUT2D eigenvalue weighted by molar-refractivity contribution is -0.142. The molecule has 9 N–H and O–H groups in total. The second-order valence-electron chi connectivity index (χ2n) is 9.85. The molecule has 0 saturated heterocycles. The molecule has 13 nitrogen and oxygen atoms in total. The van der Waals surface area contributed by atoms with Crippen LogP contribution in [0.1, 0.15) is 16.8 Å². The standard InChI is InChI=1S/C29H33N7O6/c30-21(10-17-6-2-1-3-7-17)26(38)34-23(12-19-14-31-16-33-19)27(39)36-25(15-37)28(40)35-24(29(41)42)11-18-13-32-22-9-5-4-8-20(18)22/h1-9,13-14,16,21,23-25,32,37H,10-12,15,30H2,(H,31,33)(H,34,38)(H,35,40)(H,36,39)(H,41,42). The first-order valence-corrected chi connectivity index (χ1v) is 13.3. The molecule has 2 heterocycles. The van der Waals surface area contributed by atoms with E-state index in [4.69, 9.17) is 5.73 Å². The lowest BCUT2D eigenvalue weighted by Crippen LogP contribution is -2.58. The number of aliphatic hydroxyl groups is 1. The van der Waals surface area contributed by atoms with Crippen LogP contribution in [0.2, 0.25) is 0 Å². The van der Waals surface area contributed by atoms with Crippen molar-refractivity contribution in [3.8, 4) is 0 Å². The Bertz CT molecular complexity index is 1510. The smallest absolute Gasteiger partial charge is 0.326 e. The van der Waals surface area contributed by atoms with E-state index in [0.717, 1.165) is 16.5 Å². The number of carbonyl (C=O) groups excluding carboxylic acids is 3. The first-order valence-electron chi connectivity index (χ1n) is 13.3. The number of aliphatic carboxylic acids is 1. The lowest BCUT2D eigenvalue weighted by Gasteiger charge is -2.24. The maximum absolute atomic E-state index is 13.3. The number of nitrogens with one attached hydrogen (secondary N) is 5. The van der Waals surface area contributed by atoms with Crippen molar-refractivity contribution >= 4 is 34.6 Å². The highest BCUT2D eigenvalue weighted by Crippen LogP contribution is 2.19. The van der Waals surface area contributed by atoms with Crippen LogP contribution in [0.5, 0.6) is 0 Å². The van der Waals surface area contributed by atoms with Crippen LogP contribution < -0.4 is 21.7 Å². The molecule has 0 aliphatic heterocycles. The molecule has 2 aromatic carbocycles. The zero-order valence-electron chi connectivity index (χ0n) is 22.6. The van der Waals surface area contributed by atoms with E-state index in [-0.39, 0.29) is 19.3 Å². The fraction of sp³-hybridized carbons (Fsp3) is 0.276. The van der Waals surface area contributed by atoms with Gasteiger partial charge >= 0.3 is 5.97 Å². The fourth-order valence-corrected chi connectivity index (χ4v) is 4.52. The average Bonchev–Trinajstić information content (AvgIpc) is 3.65. The van der Waals surface area contributed by atoms with E-state index in [1.165, 1.54) is 12.5 Å². The summed E-state index contributed by atoms with van der Waals surface area (Å²) in [7, 11) is 0. The number of aromatic nitrogens is 3. The van der Waals surface area contributed by atoms with Crippen LogP contribution in [0.15, 0.2) is 73.3 Å². The quantitative estimate of drug-likeness (QED) is 0.100. The minimum Gasteiger partial charge on any atom is -0.480 e. The molecule has 42 heavy (non-hydrogen) atoms. The first-order chi connectivity index (χ1) is 20.2. The number of carboxylic acid groups (broad SMARTS) is 1. The van der Waals surface area contributed by atoms with Crippen LogP contribution in [-0.4, -0.2) is 79.6 Å². The summed E-state index contributed by atoms with van der Waals surface area (Å²) in [5, 5.41) is 27.9. The van der Waals surface area contributed by atoms with E-state index < -0.39 is 54.5 Å². The van der Waals surface area contributed by atoms with E-state index in [1.807, 2.05) is 54.6 Å². The van der Waals surface area contributed by atoms with Crippen LogP contribution >= 0.6 is 0 Å². The highest BCUT2D eigenvalue weighted by molar-refractivity contribution is 5.94. The Morgan fingerprint density at radius 3 is 2.17 bits per heavy atom. The van der Waals surface area contributed by atoms with Gasteiger partial charge in [-0.2, -0.15) is 0 Å². The van der Waals surface area contributed by atoms with Crippen molar-refractivity contribution in [2.75, 3.05) is 6.61 Å². The van der Waals surface area contributed by atoms with Gasteiger partial charge in [0.1, 0.15) is 18.1 Å². The zero-order valence-corrected chi connectivity index (χ0v) is 22.6. The largest absolute Gasteiger partial charge is 0.480 e. The number of carboxylic acids is 1. The molecule has 0 saturated carbocycles. The molecule has 4 rings (SSSR count). The van der Waals surface area contributed by atoms with Gasteiger partial charge in [0.25, 0.3) is 0 Å². The fourth-order valence-electron chi connectivity index (χ4n) is 4.52. The van der Waals surface area contributed by atoms with Crippen molar-refractivity contribution in [1.82, 2.24) is 30.9 Å². The van der Waals surface area contributed by atoms with Gasteiger partial charge in [0.15, 0.2) is 0 Å². The van der Waals surface area contributed by atoms with Crippen LogP contribution in [0.3, 0.4) is 0 Å². The summed E-state index contributed by atoms with van der Waals surface area (Å²) < 4.78 is 0. The summed E-state index contributed by atoms with van der Waals surface area (Å²) in [6, 6.07) is 11.5. The number of hydrogen-bond donors (Lipinski definition) is 8. The summed E-state index contributed by atoms with van der Waals surface area (Å²) in [5.74, 6) is -3.55. The predicted octanol–water partition coefficient (Wildman–Crippen LogP) is -0.222. The number of para-hydroxylation sites is 1. The highest BCUT2D eigenvalue weighted by Gasteiger charge is 2.31. The minimum absolute atomic E-state index is 0.00624. The summed E-state index contributed by atoms with van der Waals surface area (Å²) in [6.07, 6.45) is 4.76. The minimum atomic E-state index is -1.48. The average molecular weight is 576 g/mol. The molecule has 4 atom stereocenters. The predicted molar refractivity (Wildman–Crippen MR) is 153 cm³/mol. The van der Waals surface area contributed by atoms with E-state index in [9.17, 15) is 29.4 Å². The van der Waals surface area contributed by atoms with Gasteiger partial charge in [-0.15, -0.1) is 0 Å². The molecular formula is C29H33N7O6.